The normalized spacial score (nSPS) is 16.8. The number of hydrogen-bond donors (Lipinski definition) is 2. The van der Waals surface area contributed by atoms with E-state index < -0.39 is 11.9 Å². The second-order valence-corrected chi connectivity index (χ2v) is 8.25. The summed E-state index contributed by atoms with van der Waals surface area (Å²) in [4.78, 5) is 4.29. The number of fused-ring (bicyclic) bond motifs is 1. The molecule has 0 spiro atoms. The lowest BCUT2D eigenvalue weighted by atomic mass is 9.92. The first-order valence-electron chi connectivity index (χ1n) is 9.77. The summed E-state index contributed by atoms with van der Waals surface area (Å²) in [6.07, 6.45) is 2.09. The first-order chi connectivity index (χ1) is 14.3. The molecule has 0 bridgehead atoms. The highest BCUT2D eigenvalue weighted by atomic mass is 35.5. The lowest BCUT2D eigenvalue weighted by Gasteiger charge is -2.24. The molecular weight excluding hydrogens is 424 g/mol. The molecule has 0 aliphatic carbocycles. The third kappa shape index (κ3) is 3.97. The zero-order valence-corrected chi connectivity index (χ0v) is 18.2. The molecule has 7 heteroatoms. The number of rotatable bonds is 4. The van der Waals surface area contributed by atoms with Crippen LogP contribution in [0.4, 0.5) is 10.2 Å². The van der Waals surface area contributed by atoms with Crippen molar-refractivity contribution in [3.05, 3.63) is 75.1 Å². The number of pyridine rings is 1. The summed E-state index contributed by atoms with van der Waals surface area (Å²) in [5, 5.41) is 3.73. The highest BCUT2D eigenvalue weighted by Gasteiger charge is 2.21. The van der Waals surface area contributed by atoms with Crippen molar-refractivity contribution < 1.29 is 9.13 Å². The van der Waals surface area contributed by atoms with Crippen LogP contribution in [0.15, 0.2) is 42.6 Å². The molecule has 1 aromatic heterocycles. The van der Waals surface area contributed by atoms with Gasteiger partial charge in [0.05, 0.1) is 5.02 Å². The fraction of sp³-hybridized carbons (Fsp3) is 0.261. The Hall–Kier alpha value is -2.34. The first kappa shape index (κ1) is 20.9. The minimum atomic E-state index is -0.615. The van der Waals surface area contributed by atoms with E-state index in [1.165, 1.54) is 23.3 Å². The molecule has 4 rings (SSSR count). The van der Waals surface area contributed by atoms with Crippen LogP contribution in [-0.2, 0) is 6.42 Å². The van der Waals surface area contributed by atoms with E-state index in [4.69, 9.17) is 33.7 Å². The van der Waals surface area contributed by atoms with Gasteiger partial charge in [-0.05, 0) is 61.7 Å². The molecule has 0 amide bonds. The lowest BCUT2D eigenvalue weighted by molar-refractivity contribution is 0.227. The second kappa shape index (κ2) is 8.42. The number of hydrogen-bond acceptors (Lipinski definition) is 4. The van der Waals surface area contributed by atoms with Gasteiger partial charge in [-0.15, -0.1) is 0 Å². The molecule has 2 heterocycles. The van der Waals surface area contributed by atoms with Crippen LogP contribution in [0.25, 0.3) is 11.1 Å². The average Bonchev–Trinajstić information content (AvgIpc) is 2.72. The maximum Gasteiger partial charge on any atom is 0.166 e. The monoisotopic (exact) mass is 445 g/mol. The Morgan fingerprint density at radius 1 is 1.20 bits per heavy atom. The molecule has 2 atom stereocenters. The number of aromatic nitrogens is 1. The summed E-state index contributed by atoms with van der Waals surface area (Å²) in [5.74, 6) is 0.0818. The number of ether oxygens (including phenoxy) is 1. The Morgan fingerprint density at radius 3 is 2.80 bits per heavy atom. The van der Waals surface area contributed by atoms with Gasteiger partial charge in [-0.3, -0.25) is 0 Å². The molecule has 4 nitrogen and oxygen atoms in total. The Balaban J connectivity index is 1.66. The fourth-order valence-corrected chi connectivity index (χ4v) is 4.51. The van der Waals surface area contributed by atoms with Crippen LogP contribution in [-0.4, -0.2) is 11.5 Å². The molecule has 0 fully saturated rings. The molecular formula is C23H22Cl2FN3O. The van der Waals surface area contributed by atoms with Crippen molar-refractivity contribution in [3.63, 3.8) is 0 Å². The summed E-state index contributed by atoms with van der Waals surface area (Å²) in [5.41, 5.74) is 11.0. The van der Waals surface area contributed by atoms with E-state index in [0.717, 1.165) is 24.1 Å². The minimum absolute atomic E-state index is 0.0601. The number of anilines is 1. The van der Waals surface area contributed by atoms with Crippen LogP contribution in [0.2, 0.25) is 10.0 Å². The van der Waals surface area contributed by atoms with Crippen molar-refractivity contribution >= 4 is 29.0 Å². The van der Waals surface area contributed by atoms with Gasteiger partial charge in [0.2, 0.25) is 0 Å². The Kier molecular flexibility index (Phi) is 5.87. The van der Waals surface area contributed by atoms with Crippen LogP contribution < -0.4 is 15.8 Å². The zero-order valence-electron chi connectivity index (χ0n) is 16.7. The van der Waals surface area contributed by atoms with Gasteiger partial charge in [-0.2, -0.15) is 0 Å². The summed E-state index contributed by atoms with van der Waals surface area (Å²) < 4.78 is 19.9. The van der Waals surface area contributed by atoms with Gasteiger partial charge in [-0.1, -0.05) is 41.4 Å². The average molecular weight is 446 g/mol. The molecule has 30 heavy (non-hydrogen) atoms. The standard InChI is InChI=1S/C23H22Cl2FN3O/c1-12-17-4-3-14(9-15(17)7-8-28-12)16-10-20(23(27)29-11-16)30-13(2)21-18(24)5-6-19(26)22(21)25/h3-6,9-13,28H,7-8H2,1-2H3,(H2,27,29)/t12?,13-/m1/s1. The number of nitrogen functional groups attached to an aromatic ring is 1. The van der Waals surface area contributed by atoms with Crippen LogP contribution in [0.5, 0.6) is 5.75 Å². The summed E-state index contributed by atoms with van der Waals surface area (Å²) in [7, 11) is 0. The first-order valence-corrected chi connectivity index (χ1v) is 10.5. The largest absolute Gasteiger partial charge is 0.482 e. The number of nitrogens with two attached hydrogens (primary N) is 1. The van der Waals surface area contributed by atoms with Crippen molar-refractivity contribution in [2.24, 2.45) is 0 Å². The topological polar surface area (TPSA) is 60.2 Å². The van der Waals surface area contributed by atoms with Crippen molar-refractivity contribution in [2.45, 2.75) is 32.4 Å². The Labute approximate surface area is 185 Å². The number of nitrogens with zero attached hydrogens (tertiary/aromatic N) is 1. The Morgan fingerprint density at radius 2 is 2.00 bits per heavy atom. The van der Waals surface area contributed by atoms with Gasteiger partial charge in [0.1, 0.15) is 11.9 Å². The van der Waals surface area contributed by atoms with Gasteiger partial charge in [-0.25, -0.2) is 9.37 Å². The van der Waals surface area contributed by atoms with Gasteiger partial charge < -0.3 is 15.8 Å². The fourth-order valence-electron chi connectivity index (χ4n) is 3.83. The maximum atomic E-state index is 13.9. The SMILES string of the molecule is CC1NCCc2cc(-c3cnc(N)c(O[C@H](C)c4c(Cl)ccc(F)c4Cl)c3)ccc21. The van der Waals surface area contributed by atoms with E-state index in [1.807, 2.05) is 6.07 Å². The molecule has 1 unspecified atom stereocenters. The smallest absolute Gasteiger partial charge is 0.166 e. The van der Waals surface area contributed by atoms with Crippen LogP contribution >= 0.6 is 23.2 Å². The van der Waals surface area contributed by atoms with Crippen LogP contribution in [0.3, 0.4) is 0 Å². The highest BCUT2D eigenvalue weighted by molar-refractivity contribution is 6.36. The second-order valence-electron chi connectivity index (χ2n) is 7.46. The third-order valence-electron chi connectivity index (χ3n) is 5.46. The number of halogens is 3. The van der Waals surface area contributed by atoms with Gasteiger partial charge in [0.25, 0.3) is 0 Å². The van der Waals surface area contributed by atoms with Gasteiger partial charge >= 0.3 is 0 Å². The lowest BCUT2D eigenvalue weighted by Crippen LogP contribution is -2.27. The van der Waals surface area contributed by atoms with Gasteiger partial charge in [0, 0.05) is 28.4 Å². The highest BCUT2D eigenvalue weighted by Crippen LogP contribution is 2.37. The van der Waals surface area contributed by atoms with E-state index in [1.54, 1.807) is 13.1 Å². The molecule has 0 radical (unpaired) electrons. The predicted molar refractivity (Wildman–Crippen MR) is 120 cm³/mol. The Bertz CT molecular complexity index is 1110. The molecule has 2 aromatic carbocycles. The third-order valence-corrected chi connectivity index (χ3v) is 6.17. The van der Waals surface area contributed by atoms with Crippen LogP contribution in [0, 0.1) is 5.82 Å². The van der Waals surface area contributed by atoms with E-state index in [2.05, 4.69) is 35.4 Å². The molecule has 0 saturated carbocycles. The van der Waals surface area contributed by atoms with Crippen molar-refractivity contribution in [1.29, 1.82) is 0 Å². The zero-order chi connectivity index (χ0) is 21.4. The van der Waals surface area contributed by atoms with E-state index >= 15 is 0 Å². The summed E-state index contributed by atoms with van der Waals surface area (Å²) >= 11 is 12.3. The van der Waals surface area contributed by atoms with Crippen molar-refractivity contribution in [2.75, 3.05) is 12.3 Å². The minimum Gasteiger partial charge on any atom is -0.482 e. The predicted octanol–water partition coefficient (Wildman–Crippen LogP) is 6.12. The van der Waals surface area contributed by atoms with Crippen molar-refractivity contribution in [1.82, 2.24) is 10.3 Å². The van der Waals surface area contributed by atoms with Crippen LogP contribution in [0.1, 0.15) is 42.7 Å². The molecule has 1 aliphatic rings. The molecule has 3 aromatic rings. The van der Waals surface area contributed by atoms with E-state index in [0.29, 0.717) is 22.4 Å². The number of benzene rings is 2. The van der Waals surface area contributed by atoms with E-state index in [-0.39, 0.29) is 10.8 Å². The van der Waals surface area contributed by atoms with Gasteiger partial charge in [0.15, 0.2) is 11.6 Å². The van der Waals surface area contributed by atoms with Crippen molar-refractivity contribution in [3.8, 4) is 16.9 Å². The quantitative estimate of drug-likeness (QED) is 0.474. The molecule has 156 valence electrons. The molecule has 0 saturated heterocycles. The maximum absolute atomic E-state index is 13.9. The molecule has 1 aliphatic heterocycles. The number of nitrogens with one attached hydrogen (secondary N) is 1. The molecule has 3 N–H and O–H groups in total. The summed E-state index contributed by atoms with van der Waals surface area (Å²) in [6, 6.07) is 11.3. The summed E-state index contributed by atoms with van der Waals surface area (Å²) in [6.45, 7) is 4.86. The van der Waals surface area contributed by atoms with E-state index in [9.17, 15) is 4.39 Å².